The third-order valence-electron chi connectivity index (χ3n) is 4.73. The van der Waals surface area contributed by atoms with E-state index in [2.05, 4.69) is 36.4 Å². The van der Waals surface area contributed by atoms with E-state index in [-0.39, 0.29) is 39.0 Å². The Morgan fingerprint density at radius 1 is 0.875 bits per heavy atom. The van der Waals surface area contributed by atoms with Gasteiger partial charge in [-0.1, -0.05) is 50.6 Å². The number of carboxylic acid groups (broad SMARTS) is 1. The molecule has 164 valence electrons. The van der Waals surface area contributed by atoms with Crippen LogP contribution in [0.3, 0.4) is 0 Å². The van der Waals surface area contributed by atoms with Gasteiger partial charge in [-0.2, -0.15) is 0 Å². The quantitative estimate of drug-likeness (QED) is 0.491. The topological polar surface area (TPSA) is 108 Å². The van der Waals surface area contributed by atoms with Crippen molar-refractivity contribution in [1.82, 2.24) is 4.98 Å². The van der Waals surface area contributed by atoms with Crippen molar-refractivity contribution in [3.8, 4) is 0 Å². The second-order valence-electron chi connectivity index (χ2n) is 8.17. The number of carbonyl (C=O) groups excluding carboxylic acids is 2. The fraction of sp³-hybridized carbons (Fsp3) is 0.167. The van der Waals surface area contributed by atoms with Crippen LogP contribution in [0.5, 0.6) is 0 Å². The van der Waals surface area contributed by atoms with E-state index in [1.54, 1.807) is 12.1 Å². The number of carboxylic acids is 1. The molecule has 3 rings (SSSR count). The van der Waals surface area contributed by atoms with Crippen LogP contribution in [0.4, 0.5) is 11.5 Å². The minimum Gasteiger partial charge on any atom is -0.478 e. The van der Waals surface area contributed by atoms with Gasteiger partial charge in [0.25, 0.3) is 11.8 Å². The second-order valence-corrected chi connectivity index (χ2v) is 8.58. The van der Waals surface area contributed by atoms with Gasteiger partial charge in [0.05, 0.1) is 22.5 Å². The highest BCUT2D eigenvalue weighted by molar-refractivity contribution is 6.34. The summed E-state index contributed by atoms with van der Waals surface area (Å²) in [7, 11) is 0. The smallest absolute Gasteiger partial charge is 0.335 e. The molecule has 2 aromatic carbocycles. The van der Waals surface area contributed by atoms with Gasteiger partial charge < -0.3 is 15.7 Å². The molecule has 0 unspecified atom stereocenters. The highest BCUT2D eigenvalue weighted by Crippen LogP contribution is 2.26. The van der Waals surface area contributed by atoms with E-state index in [0.29, 0.717) is 5.56 Å². The Bertz CT molecular complexity index is 1180. The molecule has 0 spiro atoms. The zero-order valence-electron chi connectivity index (χ0n) is 17.8. The molecule has 0 aliphatic rings. The molecule has 3 aromatic rings. The van der Waals surface area contributed by atoms with Gasteiger partial charge in [0, 0.05) is 17.2 Å². The van der Waals surface area contributed by atoms with E-state index in [0.717, 1.165) is 5.56 Å². The van der Waals surface area contributed by atoms with Crippen LogP contribution in [0.2, 0.25) is 5.02 Å². The summed E-state index contributed by atoms with van der Waals surface area (Å²) in [5.74, 6) is -1.88. The molecule has 0 bridgehead atoms. The molecule has 0 saturated carbocycles. The minimum absolute atomic E-state index is 0.00727. The van der Waals surface area contributed by atoms with Crippen LogP contribution in [0, 0.1) is 0 Å². The normalized spacial score (nSPS) is 11.0. The molecular formula is C24H22ClN3O4. The molecule has 7 nitrogen and oxygen atoms in total. The number of anilines is 2. The Kier molecular flexibility index (Phi) is 6.60. The molecule has 32 heavy (non-hydrogen) atoms. The largest absolute Gasteiger partial charge is 0.478 e. The average Bonchev–Trinajstić information content (AvgIpc) is 2.75. The van der Waals surface area contributed by atoms with Crippen molar-refractivity contribution >= 4 is 40.9 Å². The zero-order chi connectivity index (χ0) is 23.5. The predicted molar refractivity (Wildman–Crippen MR) is 124 cm³/mol. The number of pyridine rings is 1. The van der Waals surface area contributed by atoms with Crippen molar-refractivity contribution in [3.05, 3.63) is 88.1 Å². The molecule has 0 atom stereocenters. The summed E-state index contributed by atoms with van der Waals surface area (Å²) in [6.45, 7) is 6.27. The van der Waals surface area contributed by atoms with E-state index >= 15 is 0 Å². The Labute approximate surface area is 190 Å². The molecule has 2 amide bonds. The Morgan fingerprint density at radius 2 is 1.50 bits per heavy atom. The number of nitrogens with one attached hydrogen (secondary N) is 2. The fourth-order valence-corrected chi connectivity index (χ4v) is 3.05. The fourth-order valence-electron chi connectivity index (χ4n) is 2.90. The third kappa shape index (κ3) is 5.50. The van der Waals surface area contributed by atoms with Crippen molar-refractivity contribution < 1.29 is 19.5 Å². The molecule has 8 heteroatoms. The molecule has 0 aliphatic carbocycles. The van der Waals surface area contributed by atoms with Crippen molar-refractivity contribution in [3.63, 3.8) is 0 Å². The number of nitrogens with zero attached hydrogens (tertiary/aromatic N) is 1. The SMILES string of the molecule is CC(C)(C)c1ccc(C(=O)Nc2cc(NC(=O)c3cccc(C(=O)O)c3)ncc2Cl)cc1. The number of aromatic carboxylic acids is 1. The first-order chi connectivity index (χ1) is 15.0. The highest BCUT2D eigenvalue weighted by Gasteiger charge is 2.16. The number of hydrogen-bond acceptors (Lipinski definition) is 4. The number of benzene rings is 2. The number of amides is 2. The lowest BCUT2D eigenvalue weighted by molar-refractivity contribution is 0.0696. The van der Waals surface area contributed by atoms with Crippen molar-refractivity contribution in [2.45, 2.75) is 26.2 Å². The summed E-state index contributed by atoms with van der Waals surface area (Å²) in [6, 6.07) is 14.3. The lowest BCUT2D eigenvalue weighted by Gasteiger charge is -2.19. The third-order valence-corrected chi connectivity index (χ3v) is 5.03. The van der Waals surface area contributed by atoms with E-state index in [9.17, 15) is 14.4 Å². The molecule has 0 saturated heterocycles. The van der Waals surface area contributed by atoms with Crippen LogP contribution in [0.1, 0.15) is 57.4 Å². The van der Waals surface area contributed by atoms with Crippen molar-refractivity contribution in [2.75, 3.05) is 10.6 Å². The van der Waals surface area contributed by atoms with E-state index in [4.69, 9.17) is 16.7 Å². The summed E-state index contributed by atoms with van der Waals surface area (Å²) in [4.78, 5) is 40.3. The van der Waals surface area contributed by atoms with Crippen LogP contribution in [-0.4, -0.2) is 27.9 Å². The maximum Gasteiger partial charge on any atom is 0.335 e. The molecule has 1 heterocycles. The van der Waals surface area contributed by atoms with Crippen LogP contribution >= 0.6 is 11.6 Å². The standard InChI is InChI=1S/C24H22ClN3O4/c1-24(2,3)17-9-7-14(8-10-17)21(29)27-19-12-20(26-13-18(19)25)28-22(30)15-5-4-6-16(11-15)23(31)32/h4-13H,1-3H3,(H,31,32)(H2,26,27,28,29,30). The molecule has 1 aromatic heterocycles. The number of hydrogen-bond donors (Lipinski definition) is 3. The monoisotopic (exact) mass is 451 g/mol. The van der Waals surface area contributed by atoms with Gasteiger partial charge in [0.15, 0.2) is 0 Å². The molecular weight excluding hydrogens is 430 g/mol. The summed E-state index contributed by atoms with van der Waals surface area (Å²) in [6.07, 6.45) is 1.31. The summed E-state index contributed by atoms with van der Waals surface area (Å²) >= 11 is 6.17. The Balaban J connectivity index is 1.75. The average molecular weight is 452 g/mol. The van der Waals surface area contributed by atoms with E-state index in [1.807, 2.05) is 12.1 Å². The summed E-state index contributed by atoms with van der Waals surface area (Å²) < 4.78 is 0. The second kappa shape index (κ2) is 9.20. The van der Waals surface area contributed by atoms with Gasteiger partial charge in [0.1, 0.15) is 5.82 Å². The zero-order valence-corrected chi connectivity index (χ0v) is 18.5. The molecule has 3 N–H and O–H groups in total. The van der Waals surface area contributed by atoms with Crippen LogP contribution in [-0.2, 0) is 5.41 Å². The lowest BCUT2D eigenvalue weighted by Crippen LogP contribution is -2.16. The number of aromatic nitrogens is 1. The van der Waals surface area contributed by atoms with Crippen molar-refractivity contribution in [1.29, 1.82) is 0 Å². The number of carbonyl (C=O) groups is 3. The first-order valence-electron chi connectivity index (χ1n) is 9.77. The van der Waals surface area contributed by atoms with Crippen LogP contribution < -0.4 is 10.6 Å². The first kappa shape index (κ1) is 23.0. The van der Waals surface area contributed by atoms with Gasteiger partial charge in [-0.25, -0.2) is 9.78 Å². The van der Waals surface area contributed by atoms with Gasteiger partial charge in [0.2, 0.25) is 0 Å². The van der Waals surface area contributed by atoms with Crippen molar-refractivity contribution in [2.24, 2.45) is 0 Å². The van der Waals surface area contributed by atoms with E-state index < -0.39 is 11.9 Å². The lowest BCUT2D eigenvalue weighted by atomic mass is 9.87. The maximum absolute atomic E-state index is 12.7. The van der Waals surface area contributed by atoms with Crippen LogP contribution in [0.15, 0.2) is 60.8 Å². The minimum atomic E-state index is -1.13. The van der Waals surface area contributed by atoms with Crippen LogP contribution in [0.25, 0.3) is 0 Å². The summed E-state index contributed by atoms with van der Waals surface area (Å²) in [5, 5.41) is 14.6. The van der Waals surface area contributed by atoms with Gasteiger partial charge in [-0.3, -0.25) is 9.59 Å². The van der Waals surface area contributed by atoms with Gasteiger partial charge in [-0.05, 0) is 41.3 Å². The Morgan fingerprint density at radius 3 is 2.12 bits per heavy atom. The number of halogens is 1. The van der Waals surface area contributed by atoms with Gasteiger partial charge >= 0.3 is 5.97 Å². The molecule has 0 fully saturated rings. The first-order valence-corrected chi connectivity index (χ1v) is 10.1. The number of rotatable bonds is 5. The summed E-state index contributed by atoms with van der Waals surface area (Å²) in [5.41, 5.74) is 1.97. The van der Waals surface area contributed by atoms with E-state index in [1.165, 1.54) is 36.5 Å². The highest BCUT2D eigenvalue weighted by atomic mass is 35.5. The maximum atomic E-state index is 12.7. The molecule has 0 aliphatic heterocycles. The Hall–Kier alpha value is -3.71. The van der Waals surface area contributed by atoms with Gasteiger partial charge in [-0.15, -0.1) is 0 Å². The predicted octanol–water partition coefficient (Wildman–Crippen LogP) is 5.24. The molecule has 0 radical (unpaired) electrons.